The third-order valence-electron chi connectivity index (χ3n) is 3.08. The average molecular weight is 337 g/mol. The first-order valence-corrected chi connectivity index (χ1v) is 7.07. The van der Waals surface area contributed by atoms with Crippen LogP contribution in [-0.4, -0.2) is 26.7 Å². The number of hydrogen-bond donors (Lipinski definition) is 1. The van der Waals surface area contributed by atoms with Gasteiger partial charge in [0.2, 0.25) is 5.91 Å². The predicted octanol–water partition coefficient (Wildman–Crippen LogP) is 3.14. The summed E-state index contributed by atoms with van der Waals surface area (Å²) in [5.41, 5.74) is 0.925. The van der Waals surface area contributed by atoms with Gasteiger partial charge in [0.25, 0.3) is 0 Å². The third kappa shape index (κ3) is 4.66. The summed E-state index contributed by atoms with van der Waals surface area (Å²) in [6.45, 7) is -0.0416. The van der Waals surface area contributed by atoms with Gasteiger partial charge in [0.15, 0.2) is 17.4 Å². The molecule has 0 aliphatic heterocycles. The van der Waals surface area contributed by atoms with Gasteiger partial charge < -0.3 is 19.5 Å². The van der Waals surface area contributed by atoms with Gasteiger partial charge in [0, 0.05) is 12.8 Å². The van der Waals surface area contributed by atoms with Crippen molar-refractivity contribution in [2.75, 3.05) is 26.1 Å². The van der Waals surface area contributed by atoms with Gasteiger partial charge in [-0.1, -0.05) is 0 Å². The lowest BCUT2D eigenvalue weighted by Gasteiger charge is -2.10. The van der Waals surface area contributed by atoms with Crippen LogP contribution in [0.5, 0.6) is 11.5 Å². The molecule has 0 atom stereocenters. The summed E-state index contributed by atoms with van der Waals surface area (Å²) in [5, 5.41) is 2.64. The Morgan fingerprint density at radius 2 is 1.71 bits per heavy atom. The highest BCUT2D eigenvalue weighted by Gasteiger charge is 2.11. The zero-order valence-electron chi connectivity index (χ0n) is 13.3. The second-order valence-corrected chi connectivity index (χ2v) is 4.89. The van der Waals surface area contributed by atoms with E-state index in [0.29, 0.717) is 17.0 Å². The first kappa shape index (κ1) is 17.7. The van der Waals surface area contributed by atoms with Crippen LogP contribution < -0.4 is 14.8 Å². The fourth-order valence-electron chi connectivity index (χ4n) is 2.02. The summed E-state index contributed by atoms with van der Waals surface area (Å²) in [6.07, 6.45) is 0. The molecule has 0 bridgehead atoms. The summed E-state index contributed by atoms with van der Waals surface area (Å²) in [6, 6.07) is 8.88. The molecule has 0 aromatic heterocycles. The predicted molar refractivity (Wildman–Crippen MR) is 84.2 cm³/mol. The molecule has 0 spiro atoms. The monoisotopic (exact) mass is 337 g/mol. The van der Waals surface area contributed by atoms with Gasteiger partial charge in [-0.25, -0.2) is 8.78 Å². The maximum atomic E-state index is 13.6. The van der Waals surface area contributed by atoms with Crippen LogP contribution in [0.25, 0.3) is 0 Å². The summed E-state index contributed by atoms with van der Waals surface area (Å²) in [7, 11) is 2.63. The van der Waals surface area contributed by atoms with E-state index in [0.717, 1.165) is 12.1 Å². The van der Waals surface area contributed by atoms with Crippen LogP contribution in [0.15, 0.2) is 36.4 Å². The Morgan fingerprint density at radius 3 is 2.25 bits per heavy atom. The molecule has 0 saturated carbocycles. The lowest BCUT2D eigenvalue weighted by Crippen LogP contribution is -2.16. The molecule has 2 aromatic rings. The Labute approximate surface area is 138 Å². The normalized spacial score (nSPS) is 10.3. The molecule has 2 rings (SSSR count). The van der Waals surface area contributed by atoms with E-state index >= 15 is 0 Å². The summed E-state index contributed by atoms with van der Waals surface area (Å²) in [5.74, 6) is -1.76. The van der Waals surface area contributed by atoms with Crippen LogP contribution in [0.2, 0.25) is 0 Å². The number of ether oxygens (including phenoxy) is 3. The van der Waals surface area contributed by atoms with Crippen LogP contribution in [-0.2, 0) is 16.1 Å². The topological polar surface area (TPSA) is 56.8 Å². The highest BCUT2D eigenvalue weighted by molar-refractivity contribution is 5.91. The average Bonchev–Trinajstić information content (AvgIpc) is 2.54. The molecule has 0 fully saturated rings. The molecule has 0 unspecified atom stereocenters. The van der Waals surface area contributed by atoms with Gasteiger partial charge in [-0.15, -0.1) is 0 Å². The van der Waals surface area contributed by atoms with Crippen LogP contribution in [0.4, 0.5) is 14.5 Å². The number of amides is 1. The summed E-state index contributed by atoms with van der Waals surface area (Å²) in [4.78, 5) is 11.4. The lowest BCUT2D eigenvalue weighted by atomic mass is 10.2. The first-order chi connectivity index (χ1) is 11.5. The lowest BCUT2D eigenvalue weighted by molar-refractivity contribution is -0.119. The minimum Gasteiger partial charge on any atom is -0.491 e. The zero-order chi connectivity index (χ0) is 17.5. The Balaban J connectivity index is 1.96. The maximum Gasteiger partial charge on any atom is 0.250 e. The molecule has 1 N–H and O–H groups in total. The minimum absolute atomic E-state index is 0.00673. The van der Waals surface area contributed by atoms with Crippen molar-refractivity contribution >= 4 is 11.6 Å². The molecule has 0 saturated heterocycles. The number of hydrogen-bond acceptors (Lipinski definition) is 4. The number of carbonyl (C=O) groups is 1. The molecule has 2 aromatic carbocycles. The fraction of sp³-hybridized carbons (Fsp3) is 0.235. The van der Waals surface area contributed by atoms with Gasteiger partial charge in [-0.05, 0) is 42.0 Å². The number of carbonyl (C=O) groups excluding carboxylic acids is 1. The van der Waals surface area contributed by atoms with Crippen LogP contribution in [0.3, 0.4) is 0 Å². The fourth-order valence-corrected chi connectivity index (χ4v) is 2.02. The molecule has 0 heterocycles. The highest BCUT2D eigenvalue weighted by atomic mass is 19.1. The van der Waals surface area contributed by atoms with E-state index in [-0.39, 0.29) is 19.1 Å². The Morgan fingerprint density at radius 1 is 1.08 bits per heavy atom. The molecule has 0 radical (unpaired) electrons. The minimum atomic E-state index is -0.785. The Hall–Kier alpha value is -2.67. The SMILES string of the molecule is COCC(=O)Nc1ccc(OCc2cc(F)c(OC)c(F)c2)cc1. The van der Waals surface area contributed by atoms with Crippen LogP contribution in [0, 0.1) is 11.6 Å². The van der Waals surface area contributed by atoms with Crippen LogP contribution in [0.1, 0.15) is 5.56 Å². The van der Waals surface area contributed by atoms with Gasteiger partial charge >= 0.3 is 0 Å². The van der Waals surface area contributed by atoms with Crippen LogP contribution >= 0.6 is 0 Å². The number of halogens is 2. The number of methoxy groups -OCH3 is 2. The zero-order valence-corrected chi connectivity index (χ0v) is 13.3. The largest absolute Gasteiger partial charge is 0.491 e. The van der Waals surface area contributed by atoms with E-state index in [4.69, 9.17) is 9.47 Å². The molecular formula is C17H17F2NO4. The molecule has 24 heavy (non-hydrogen) atoms. The van der Waals surface area contributed by atoms with Crippen molar-refractivity contribution in [3.63, 3.8) is 0 Å². The van der Waals surface area contributed by atoms with Gasteiger partial charge in [0.05, 0.1) is 7.11 Å². The van der Waals surface area contributed by atoms with E-state index in [9.17, 15) is 13.6 Å². The molecule has 5 nitrogen and oxygen atoms in total. The molecule has 7 heteroatoms. The van der Waals surface area contributed by atoms with Crippen molar-refractivity contribution in [2.24, 2.45) is 0 Å². The summed E-state index contributed by atoms with van der Waals surface area (Å²) >= 11 is 0. The second kappa shape index (κ2) is 8.26. The standard InChI is InChI=1S/C17H17F2NO4/c1-22-10-16(21)20-12-3-5-13(6-4-12)24-9-11-7-14(18)17(23-2)15(19)8-11/h3-8H,9-10H2,1-2H3,(H,20,21). The number of benzene rings is 2. The molecule has 128 valence electrons. The number of anilines is 1. The van der Waals surface area contributed by atoms with Crippen molar-refractivity contribution in [3.8, 4) is 11.5 Å². The molecule has 1 amide bonds. The third-order valence-corrected chi connectivity index (χ3v) is 3.08. The molecule has 0 aliphatic carbocycles. The smallest absolute Gasteiger partial charge is 0.250 e. The van der Waals surface area contributed by atoms with Crippen molar-refractivity contribution in [1.29, 1.82) is 0 Å². The van der Waals surface area contributed by atoms with E-state index in [1.807, 2.05) is 0 Å². The quantitative estimate of drug-likeness (QED) is 0.843. The maximum absolute atomic E-state index is 13.6. The number of rotatable bonds is 7. The summed E-state index contributed by atoms with van der Waals surface area (Å²) < 4.78 is 42.0. The Kier molecular flexibility index (Phi) is 6.08. The van der Waals surface area contributed by atoms with Gasteiger partial charge in [0.1, 0.15) is 19.0 Å². The second-order valence-electron chi connectivity index (χ2n) is 4.89. The van der Waals surface area contributed by atoms with Crippen molar-refractivity contribution in [3.05, 3.63) is 53.6 Å². The van der Waals surface area contributed by atoms with E-state index < -0.39 is 17.4 Å². The first-order valence-electron chi connectivity index (χ1n) is 7.07. The van der Waals surface area contributed by atoms with Gasteiger partial charge in [-0.3, -0.25) is 4.79 Å². The number of nitrogens with one attached hydrogen (secondary N) is 1. The van der Waals surface area contributed by atoms with Crippen molar-refractivity contribution in [2.45, 2.75) is 6.61 Å². The molecular weight excluding hydrogens is 320 g/mol. The van der Waals surface area contributed by atoms with E-state index in [1.54, 1.807) is 24.3 Å². The van der Waals surface area contributed by atoms with E-state index in [1.165, 1.54) is 14.2 Å². The van der Waals surface area contributed by atoms with Crippen molar-refractivity contribution < 1.29 is 27.8 Å². The Bertz CT molecular complexity index is 681. The highest BCUT2D eigenvalue weighted by Crippen LogP contribution is 2.24. The van der Waals surface area contributed by atoms with Crippen molar-refractivity contribution in [1.82, 2.24) is 0 Å². The van der Waals surface area contributed by atoms with Gasteiger partial charge in [-0.2, -0.15) is 0 Å². The molecule has 0 aliphatic rings. The van der Waals surface area contributed by atoms with E-state index in [2.05, 4.69) is 10.1 Å².